The Bertz CT molecular complexity index is 1360. The molecule has 3 unspecified atom stereocenters. The van der Waals surface area contributed by atoms with Crippen molar-refractivity contribution in [3.63, 3.8) is 0 Å². The van der Waals surface area contributed by atoms with Crippen molar-refractivity contribution in [1.29, 1.82) is 0 Å². The largest absolute Gasteiger partial charge is 0.472 e. The van der Waals surface area contributed by atoms with E-state index in [1.165, 1.54) is 128 Å². The lowest BCUT2D eigenvalue weighted by Crippen LogP contribution is -2.45. The lowest BCUT2D eigenvalue weighted by molar-refractivity contribution is -0.870. The number of rotatable bonds is 49. The second kappa shape index (κ2) is 48.7. The fraction of sp³-hybridized carbons (Fsp3) is 0.741. The van der Waals surface area contributed by atoms with Gasteiger partial charge in [-0.15, -0.1) is 0 Å². The second-order valence-corrected chi connectivity index (χ2v) is 21.0. The van der Waals surface area contributed by atoms with Gasteiger partial charge in [0.25, 0.3) is 0 Å². The summed E-state index contributed by atoms with van der Waals surface area (Å²) in [7, 11) is 1.57. The molecule has 0 heterocycles. The van der Waals surface area contributed by atoms with Crippen molar-refractivity contribution in [2.24, 2.45) is 0 Å². The molecule has 0 aromatic rings. The zero-order chi connectivity index (χ0) is 49.2. The molecule has 1 amide bonds. The molecule has 0 saturated heterocycles. The van der Waals surface area contributed by atoms with Crippen molar-refractivity contribution in [3.8, 4) is 0 Å². The highest BCUT2D eigenvalue weighted by molar-refractivity contribution is 7.47. The van der Waals surface area contributed by atoms with Crippen LogP contribution in [-0.4, -0.2) is 73.4 Å². The molecule has 0 spiro atoms. The third-order valence-corrected chi connectivity index (χ3v) is 12.9. The summed E-state index contributed by atoms with van der Waals surface area (Å²) in [5, 5.41) is 13.9. The van der Waals surface area contributed by atoms with Crippen LogP contribution < -0.4 is 5.32 Å². The minimum atomic E-state index is -4.34. The number of likely N-dealkylation sites (N-methyl/N-ethyl adjacent to an activating group) is 1. The number of nitrogens with one attached hydrogen (secondary N) is 1. The number of aliphatic hydroxyl groups excluding tert-OH is 1. The van der Waals surface area contributed by atoms with E-state index in [1.807, 2.05) is 27.2 Å². The molecular weight excluding hydrogens is 852 g/mol. The van der Waals surface area contributed by atoms with E-state index in [4.69, 9.17) is 9.05 Å². The molecule has 0 aliphatic heterocycles. The van der Waals surface area contributed by atoms with Crippen LogP contribution in [0.4, 0.5) is 0 Å². The van der Waals surface area contributed by atoms with Crippen LogP contribution in [0, 0.1) is 0 Å². The van der Waals surface area contributed by atoms with E-state index in [2.05, 4.69) is 92.1 Å². The molecule has 9 heteroatoms. The van der Waals surface area contributed by atoms with Crippen molar-refractivity contribution in [3.05, 3.63) is 85.1 Å². The first kappa shape index (κ1) is 64.7. The zero-order valence-electron chi connectivity index (χ0n) is 44.1. The first-order chi connectivity index (χ1) is 32.5. The van der Waals surface area contributed by atoms with Crippen molar-refractivity contribution in [2.45, 2.75) is 238 Å². The van der Waals surface area contributed by atoms with Gasteiger partial charge in [-0.2, -0.15) is 0 Å². The van der Waals surface area contributed by atoms with Crippen LogP contribution in [0.5, 0.6) is 0 Å². The fourth-order valence-electron chi connectivity index (χ4n) is 7.57. The molecule has 67 heavy (non-hydrogen) atoms. The summed E-state index contributed by atoms with van der Waals surface area (Å²) in [6, 6.07) is -0.849. The molecule has 0 radical (unpaired) electrons. The second-order valence-electron chi connectivity index (χ2n) is 19.6. The van der Waals surface area contributed by atoms with Crippen molar-refractivity contribution in [2.75, 3.05) is 40.9 Å². The number of nitrogens with zero attached hydrogens (tertiary/aromatic N) is 1. The Morgan fingerprint density at radius 3 is 1.31 bits per heavy atom. The maximum atomic E-state index is 12.9. The summed E-state index contributed by atoms with van der Waals surface area (Å²) in [5.74, 6) is -0.181. The van der Waals surface area contributed by atoms with Crippen molar-refractivity contribution >= 4 is 13.7 Å². The van der Waals surface area contributed by atoms with Crippen LogP contribution in [0.2, 0.25) is 0 Å². The van der Waals surface area contributed by atoms with E-state index in [0.717, 1.165) is 77.0 Å². The number of hydrogen-bond acceptors (Lipinski definition) is 5. The van der Waals surface area contributed by atoms with Crippen LogP contribution in [0.1, 0.15) is 226 Å². The first-order valence-corrected chi connectivity index (χ1v) is 29.0. The van der Waals surface area contributed by atoms with Gasteiger partial charge in [-0.25, -0.2) is 4.57 Å². The lowest BCUT2D eigenvalue weighted by atomic mass is 10.0. The third-order valence-electron chi connectivity index (χ3n) is 11.9. The SMILES string of the molecule is CC/C=C\C/C=C\C/C=C\C/C=C\C/C=C\C/C=C\CCCCCCCCCCCCCCCCC(=O)NC(COP(=O)(O)OCC[N+](C)(C)C)C(O)/C=C/CCCCCCCCCCCC. The minimum Gasteiger partial charge on any atom is -0.387 e. The predicted molar refractivity (Wildman–Crippen MR) is 290 cm³/mol. The Balaban J connectivity index is 4.08. The van der Waals surface area contributed by atoms with Gasteiger partial charge in [-0.05, 0) is 70.6 Å². The molecule has 8 nitrogen and oxygen atoms in total. The van der Waals surface area contributed by atoms with Gasteiger partial charge >= 0.3 is 7.82 Å². The minimum absolute atomic E-state index is 0.0589. The number of amides is 1. The molecule has 388 valence electrons. The number of carbonyl (C=O) groups is 1. The highest BCUT2D eigenvalue weighted by Crippen LogP contribution is 2.43. The number of phosphoric acid groups is 1. The summed E-state index contributed by atoms with van der Waals surface area (Å²) in [5.41, 5.74) is 0. The number of carbonyl (C=O) groups excluding carboxylic acids is 1. The Morgan fingerprint density at radius 2 is 0.896 bits per heavy atom. The molecular formula is C58H106N2O6P+. The van der Waals surface area contributed by atoms with Crippen LogP contribution in [0.25, 0.3) is 0 Å². The highest BCUT2D eigenvalue weighted by Gasteiger charge is 2.27. The van der Waals surface area contributed by atoms with Crippen LogP contribution in [-0.2, 0) is 18.4 Å². The third kappa shape index (κ3) is 51.4. The maximum Gasteiger partial charge on any atom is 0.472 e. The van der Waals surface area contributed by atoms with Gasteiger partial charge in [0, 0.05) is 6.42 Å². The van der Waals surface area contributed by atoms with E-state index in [9.17, 15) is 19.4 Å². The van der Waals surface area contributed by atoms with Crippen LogP contribution >= 0.6 is 7.82 Å². The monoisotopic (exact) mass is 958 g/mol. The predicted octanol–water partition coefficient (Wildman–Crippen LogP) is 16.5. The average Bonchev–Trinajstić information content (AvgIpc) is 3.29. The van der Waals surface area contributed by atoms with Gasteiger partial charge in [-0.1, -0.05) is 234 Å². The molecule has 0 aliphatic rings. The Hall–Kier alpha value is -2.32. The molecule has 3 N–H and O–H groups in total. The summed E-state index contributed by atoms with van der Waals surface area (Å²) >= 11 is 0. The molecule has 0 aromatic heterocycles. The van der Waals surface area contributed by atoms with Crippen molar-refractivity contribution in [1.82, 2.24) is 5.32 Å². The topological polar surface area (TPSA) is 105 Å². The molecule has 0 aliphatic carbocycles. The number of quaternary nitrogens is 1. The lowest BCUT2D eigenvalue weighted by Gasteiger charge is -2.25. The Labute approximate surface area is 414 Å². The summed E-state index contributed by atoms with van der Waals surface area (Å²) in [6.07, 6.45) is 68.2. The van der Waals surface area contributed by atoms with E-state index in [-0.39, 0.29) is 19.1 Å². The maximum absolute atomic E-state index is 12.9. The van der Waals surface area contributed by atoms with E-state index < -0.39 is 20.0 Å². The van der Waals surface area contributed by atoms with Gasteiger partial charge in [0.15, 0.2) is 0 Å². The number of phosphoric ester groups is 1. The Kier molecular flexibility index (Phi) is 47.0. The zero-order valence-corrected chi connectivity index (χ0v) is 45.0. The smallest absolute Gasteiger partial charge is 0.387 e. The van der Waals surface area contributed by atoms with Crippen LogP contribution in [0.15, 0.2) is 85.1 Å². The molecule has 3 atom stereocenters. The van der Waals surface area contributed by atoms with E-state index in [0.29, 0.717) is 17.4 Å². The standard InChI is InChI=1S/C58H105N2O6P/c1-6-8-10-12-14-16-18-20-21-22-23-24-25-26-27-28-29-30-31-32-33-34-35-36-37-38-39-40-42-44-46-48-50-52-58(62)59-56(55-66-67(63,64)65-54-53-60(3,4)5)57(61)51-49-47-45-43-41-19-17-15-13-11-9-7-2/h8,10,14,16,20-21,23-24,26-27,29-30,49,51,56-57,61H,6-7,9,11-13,15,17-19,22,25,28,31-48,50,52-55H2,1-5H3,(H-,59,62,63,64)/p+1/b10-8-,16-14-,21-20-,24-23-,27-26-,30-29-,51-49+. The van der Waals surface area contributed by atoms with Gasteiger partial charge < -0.3 is 19.8 Å². The first-order valence-electron chi connectivity index (χ1n) is 27.5. The number of unbranched alkanes of at least 4 members (excludes halogenated alkanes) is 24. The van der Waals surface area contributed by atoms with Gasteiger partial charge in [-0.3, -0.25) is 13.8 Å². The molecule has 0 rings (SSSR count). The Morgan fingerprint density at radius 1 is 0.522 bits per heavy atom. The average molecular weight is 958 g/mol. The summed E-state index contributed by atoms with van der Waals surface area (Å²) < 4.78 is 23.6. The molecule has 0 bridgehead atoms. The fourth-order valence-corrected chi connectivity index (χ4v) is 8.31. The molecule has 0 aromatic carbocycles. The number of aliphatic hydroxyl groups is 1. The number of allylic oxidation sites excluding steroid dienone is 13. The highest BCUT2D eigenvalue weighted by atomic mass is 31.2. The van der Waals surface area contributed by atoms with Gasteiger partial charge in [0.1, 0.15) is 13.2 Å². The van der Waals surface area contributed by atoms with E-state index in [1.54, 1.807) is 6.08 Å². The molecule has 0 fully saturated rings. The van der Waals surface area contributed by atoms with Gasteiger partial charge in [0.2, 0.25) is 5.91 Å². The quantitative estimate of drug-likeness (QED) is 0.0243. The normalized spacial score (nSPS) is 14.7. The summed E-state index contributed by atoms with van der Waals surface area (Å²) in [4.78, 5) is 23.2. The molecule has 0 saturated carbocycles. The number of hydrogen-bond donors (Lipinski definition) is 3. The summed E-state index contributed by atoms with van der Waals surface area (Å²) in [6.45, 7) is 4.69. The van der Waals surface area contributed by atoms with E-state index >= 15 is 0 Å². The van der Waals surface area contributed by atoms with Crippen molar-refractivity contribution < 1.29 is 32.9 Å². The van der Waals surface area contributed by atoms with Crippen LogP contribution in [0.3, 0.4) is 0 Å². The van der Waals surface area contributed by atoms with Gasteiger partial charge in [0.05, 0.1) is 39.9 Å².